The second-order valence-electron chi connectivity index (χ2n) is 5.80. The molecule has 1 atom stereocenters. The molecule has 1 unspecified atom stereocenters. The van der Waals surface area contributed by atoms with E-state index < -0.39 is 0 Å². The maximum absolute atomic E-state index is 12.0. The summed E-state index contributed by atoms with van der Waals surface area (Å²) in [6, 6.07) is 9.79. The van der Waals surface area contributed by atoms with Gasteiger partial charge in [-0.05, 0) is 51.0 Å². The second kappa shape index (κ2) is 8.70. The lowest BCUT2D eigenvalue weighted by atomic mass is 10.1. The number of carbonyl (C=O) groups excluding carboxylic acids is 1. The van der Waals surface area contributed by atoms with Gasteiger partial charge in [0, 0.05) is 23.8 Å². The van der Waals surface area contributed by atoms with Crippen LogP contribution < -0.4 is 11.1 Å². The van der Waals surface area contributed by atoms with Gasteiger partial charge in [-0.3, -0.25) is 9.48 Å². The minimum absolute atomic E-state index is 0. The van der Waals surface area contributed by atoms with E-state index in [0.29, 0.717) is 18.7 Å². The third kappa shape index (κ3) is 5.69. The van der Waals surface area contributed by atoms with E-state index in [1.54, 1.807) is 0 Å². The Bertz CT molecular complexity index is 635. The van der Waals surface area contributed by atoms with Crippen molar-refractivity contribution < 1.29 is 4.79 Å². The number of rotatable bonds is 6. The predicted octanol–water partition coefficient (Wildman–Crippen LogP) is 2.44. The van der Waals surface area contributed by atoms with Crippen LogP contribution in [-0.4, -0.2) is 28.3 Å². The van der Waals surface area contributed by atoms with Gasteiger partial charge in [-0.15, -0.1) is 12.4 Å². The molecule has 0 fully saturated rings. The average molecular weight is 337 g/mol. The van der Waals surface area contributed by atoms with Gasteiger partial charge in [-0.25, -0.2) is 0 Å². The third-order valence-corrected chi connectivity index (χ3v) is 3.54. The summed E-state index contributed by atoms with van der Waals surface area (Å²) in [5, 5.41) is 7.32. The van der Waals surface area contributed by atoms with Crippen molar-refractivity contribution in [3.63, 3.8) is 0 Å². The van der Waals surface area contributed by atoms with E-state index in [-0.39, 0.29) is 24.4 Å². The van der Waals surface area contributed by atoms with Crippen LogP contribution in [-0.2, 0) is 6.54 Å². The SMILES string of the molecule is Cc1cc(C)n(Cc2ccc(C(=O)NCCC(C)N)cc2)n1.Cl. The largest absolute Gasteiger partial charge is 0.352 e. The van der Waals surface area contributed by atoms with Crippen molar-refractivity contribution in [3.8, 4) is 0 Å². The lowest BCUT2D eigenvalue weighted by Gasteiger charge is -2.08. The van der Waals surface area contributed by atoms with Crippen LogP contribution in [0.2, 0.25) is 0 Å². The van der Waals surface area contributed by atoms with Gasteiger partial charge in [0.1, 0.15) is 0 Å². The Kier molecular flexibility index (Phi) is 7.26. The highest BCUT2D eigenvalue weighted by atomic mass is 35.5. The molecule has 5 nitrogen and oxygen atoms in total. The van der Waals surface area contributed by atoms with Gasteiger partial charge in [0.25, 0.3) is 5.91 Å². The number of carbonyl (C=O) groups is 1. The molecule has 0 saturated carbocycles. The van der Waals surface area contributed by atoms with Crippen molar-refractivity contribution in [1.29, 1.82) is 0 Å². The molecular formula is C17H25ClN4O. The smallest absolute Gasteiger partial charge is 0.251 e. The Morgan fingerprint density at radius 3 is 2.48 bits per heavy atom. The molecule has 0 aliphatic heterocycles. The van der Waals surface area contributed by atoms with Crippen molar-refractivity contribution >= 4 is 18.3 Å². The van der Waals surface area contributed by atoms with Gasteiger partial charge in [-0.2, -0.15) is 5.10 Å². The van der Waals surface area contributed by atoms with E-state index in [4.69, 9.17) is 5.73 Å². The van der Waals surface area contributed by atoms with Crippen LogP contribution in [0.1, 0.15) is 40.7 Å². The molecule has 23 heavy (non-hydrogen) atoms. The molecule has 0 aliphatic rings. The molecular weight excluding hydrogens is 312 g/mol. The fourth-order valence-corrected chi connectivity index (χ4v) is 2.28. The van der Waals surface area contributed by atoms with Crippen LogP contribution in [0.15, 0.2) is 30.3 Å². The maximum Gasteiger partial charge on any atom is 0.251 e. The fraction of sp³-hybridized carbons (Fsp3) is 0.412. The summed E-state index contributed by atoms with van der Waals surface area (Å²) in [4.78, 5) is 12.0. The van der Waals surface area contributed by atoms with Crippen LogP contribution >= 0.6 is 12.4 Å². The Labute approximate surface area is 143 Å². The number of aryl methyl sites for hydroxylation is 2. The van der Waals surface area contributed by atoms with Crippen LogP contribution in [0.5, 0.6) is 0 Å². The number of amides is 1. The number of nitrogens with two attached hydrogens (primary N) is 1. The molecule has 1 aromatic carbocycles. The maximum atomic E-state index is 12.0. The van der Waals surface area contributed by atoms with E-state index in [1.165, 1.54) is 0 Å². The Balaban J connectivity index is 0.00000264. The summed E-state index contributed by atoms with van der Waals surface area (Å²) in [7, 11) is 0. The van der Waals surface area contributed by atoms with Gasteiger partial charge < -0.3 is 11.1 Å². The van der Waals surface area contributed by atoms with Crippen molar-refractivity contribution in [2.75, 3.05) is 6.54 Å². The normalized spacial score (nSPS) is 11.7. The van der Waals surface area contributed by atoms with E-state index in [1.807, 2.05) is 49.7 Å². The molecule has 6 heteroatoms. The Hall–Kier alpha value is -1.85. The monoisotopic (exact) mass is 336 g/mol. The molecule has 3 N–H and O–H groups in total. The molecule has 2 rings (SSSR count). The molecule has 0 spiro atoms. The first kappa shape index (κ1) is 19.2. The van der Waals surface area contributed by atoms with E-state index in [2.05, 4.69) is 16.5 Å². The van der Waals surface area contributed by atoms with Gasteiger partial charge in [0.15, 0.2) is 0 Å². The van der Waals surface area contributed by atoms with Crippen LogP contribution in [0.4, 0.5) is 0 Å². The number of aromatic nitrogens is 2. The van der Waals surface area contributed by atoms with Crippen LogP contribution in [0.25, 0.3) is 0 Å². The molecule has 126 valence electrons. The highest BCUT2D eigenvalue weighted by molar-refractivity contribution is 5.94. The van der Waals surface area contributed by atoms with E-state index >= 15 is 0 Å². The quantitative estimate of drug-likeness (QED) is 0.851. The van der Waals surface area contributed by atoms with Crippen molar-refractivity contribution in [2.45, 2.75) is 39.8 Å². The topological polar surface area (TPSA) is 72.9 Å². The molecule has 0 aliphatic carbocycles. The summed E-state index contributed by atoms with van der Waals surface area (Å²) < 4.78 is 1.97. The molecule has 0 bridgehead atoms. The first-order chi connectivity index (χ1) is 10.5. The lowest BCUT2D eigenvalue weighted by molar-refractivity contribution is 0.0953. The standard InChI is InChI=1S/C17H24N4O.ClH/c1-12(18)8-9-19-17(22)16-6-4-15(5-7-16)11-21-14(3)10-13(2)20-21;/h4-7,10,12H,8-9,11,18H2,1-3H3,(H,19,22);1H. The number of benzene rings is 1. The zero-order valence-corrected chi connectivity index (χ0v) is 14.7. The number of hydrogen-bond acceptors (Lipinski definition) is 3. The minimum Gasteiger partial charge on any atom is -0.352 e. The second-order valence-corrected chi connectivity index (χ2v) is 5.80. The number of nitrogens with zero attached hydrogens (tertiary/aromatic N) is 2. The van der Waals surface area contributed by atoms with Crippen molar-refractivity contribution in [3.05, 3.63) is 52.8 Å². The van der Waals surface area contributed by atoms with E-state index in [0.717, 1.165) is 23.4 Å². The van der Waals surface area contributed by atoms with Gasteiger partial charge >= 0.3 is 0 Å². The zero-order valence-electron chi connectivity index (χ0n) is 13.9. The number of nitrogens with one attached hydrogen (secondary N) is 1. The summed E-state index contributed by atoms with van der Waals surface area (Å²) in [6.07, 6.45) is 0.780. The summed E-state index contributed by atoms with van der Waals surface area (Å²) in [5.74, 6) is -0.0571. The highest BCUT2D eigenvalue weighted by Gasteiger charge is 2.06. The fourth-order valence-electron chi connectivity index (χ4n) is 2.28. The summed E-state index contributed by atoms with van der Waals surface area (Å²) in [6.45, 7) is 7.27. The summed E-state index contributed by atoms with van der Waals surface area (Å²) in [5.41, 5.74) is 9.61. The van der Waals surface area contributed by atoms with E-state index in [9.17, 15) is 4.79 Å². The number of halogens is 1. The predicted molar refractivity (Wildman–Crippen MR) is 95.1 cm³/mol. The van der Waals surface area contributed by atoms with Crippen molar-refractivity contribution in [1.82, 2.24) is 15.1 Å². The van der Waals surface area contributed by atoms with Gasteiger partial charge in [0.05, 0.1) is 12.2 Å². The zero-order chi connectivity index (χ0) is 16.1. The highest BCUT2D eigenvalue weighted by Crippen LogP contribution is 2.09. The lowest BCUT2D eigenvalue weighted by Crippen LogP contribution is -2.28. The average Bonchev–Trinajstić information content (AvgIpc) is 2.77. The molecule has 0 saturated heterocycles. The van der Waals surface area contributed by atoms with Gasteiger partial charge in [-0.1, -0.05) is 12.1 Å². The minimum atomic E-state index is -0.0571. The van der Waals surface area contributed by atoms with Crippen molar-refractivity contribution in [2.24, 2.45) is 5.73 Å². The molecule has 2 aromatic rings. The first-order valence-corrected chi connectivity index (χ1v) is 7.59. The Morgan fingerprint density at radius 1 is 1.30 bits per heavy atom. The van der Waals surface area contributed by atoms with Crippen LogP contribution in [0, 0.1) is 13.8 Å². The first-order valence-electron chi connectivity index (χ1n) is 7.59. The molecule has 0 radical (unpaired) electrons. The Morgan fingerprint density at radius 2 is 1.96 bits per heavy atom. The van der Waals surface area contributed by atoms with Crippen LogP contribution in [0.3, 0.4) is 0 Å². The third-order valence-electron chi connectivity index (χ3n) is 3.54. The van der Waals surface area contributed by atoms with Gasteiger partial charge in [0.2, 0.25) is 0 Å². The number of hydrogen-bond donors (Lipinski definition) is 2. The molecule has 1 amide bonds. The molecule has 1 aromatic heterocycles. The molecule has 1 heterocycles. The summed E-state index contributed by atoms with van der Waals surface area (Å²) >= 11 is 0.